The van der Waals surface area contributed by atoms with Crippen LogP contribution in [0.5, 0.6) is 0 Å². The van der Waals surface area contributed by atoms with Gasteiger partial charge in [0.25, 0.3) is 0 Å². The number of pyridine rings is 1. The fraction of sp³-hybridized carbons (Fsp3) is 0.333. The van der Waals surface area contributed by atoms with E-state index in [0.717, 1.165) is 86.1 Å². The fourth-order valence-electron chi connectivity index (χ4n) is 5.30. The molecular formula is C27H28FN7O. The van der Waals surface area contributed by atoms with Crippen LogP contribution in [0.4, 0.5) is 16.0 Å². The Balaban J connectivity index is 1.29. The number of imidazole rings is 1. The maximum absolute atomic E-state index is 13.9. The Hall–Kier alpha value is -3.85. The number of hydrogen-bond donors (Lipinski definition) is 0. The largest absolute Gasteiger partial charge is 0.354 e. The summed E-state index contributed by atoms with van der Waals surface area (Å²) >= 11 is 0. The first kappa shape index (κ1) is 22.6. The summed E-state index contributed by atoms with van der Waals surface area (Å²) in [5, 5.41) is 4.96. The van der Waals surface area contributed by atoms with E-state index in [2.05, 4.69) is 19.7 Å². The summed E-state index contributed by atoms with van der Waals surface area (Å²) in [7, 11) is 0. The minimum atomic E-state index is -0.212. The molecule has 0 aliphatic carbocycles. The van der Waals surface area contributed by atoms with E-state index >= 15 is 0 Å². The van der Waals surface area contributed by atoms with Gasteiger partial charge in [0.2, 0.25) is 0 Å². The van der Waals surface area contributed by atoms with Gasteiger partial charge in [-0.25, -0.2) is 18.9 Å². The highest BCUT2D eigenvalue weighted by atomic mass is 19.1. The zero-order chi connectivity index (χ0) is 24.5. The lowest BCUT2D eigenvalue weighted by Crippen LogP contribution is -2.47. The van der Waals surface area contributed by atoms with E-state index in [1.807, 2.05) is 47.1 Å². The molecule has 2 aliphatic rings. The summed E-state index contributed by atoms with van der Waals surface area (Å²) in [6.45, 7) is 4.69. The molecule has 0 saturated carbocycles. The summed E-state index contributed by atoms with van der Waals surface area (Å²) in [6, 6.07) is 16.9. The molecule has 0 amide bonds. The molecule has 2 aliphatic heterocycles. The molecule has 4 aromatic rings. The summed E-state index contributed by atoms with van der Waals surface area (Å²) in [5.74, 6) is 1.54. The van der Waals surface area contributed by atoms with E-state index in [0.29, 0.717) is 6.54 Å². The van der Waals surface area contributed by atoms with Crippen molar-refractivity contribution in [1.29, 1.82) is 0 Å². The number of benzene rings is 1. The van der Waals surface area contributed by atoms with Gasteiger partial charge in [-0.3, -0.25) is 4.90 Å². The summed E-state index contributed by atoms with van der Waals surface area (Å²) < 4.78 is 15.8. The average molecular weight is 486 g/mol. The van der Waals surface area contributed by atoms with E-state index in [1.165, 1.54) is 6.07 Å². The Bertz CT molecular complexity index is 1380. The number of piperazine rings is 1. The Morgan fingerprint density at radius 3 is 2.67 bits per heavy atom. The van der Waals surface area contributed by atoms with Crippen LogP contribution < -0.4 is 9.80 Å². The minimum absolute atomic E-state index is 0.0944. The molecule has 9 heteroatoms. The predicted molar refractivity (Wildman–Crippen MR) is 137 cm³/mol. The second-order valence-electron chi connectivity index (χ2n) is 9.35. The lowest BCUT2D eigenvalue weighted by molar-refractivity contribution is -0.108. The van der Waals surface area contributed by atoms with Gasteiger partial charge in [0, 0.05) is 32.7 Å². The van der Waals surface area contributed by atoms with Gasteiger partial charge in [0.15, 0.2) is 5.65 Å². The number of anilines is 2. The van der Waals surface area contributed by atoms with Crippen molar-refractivity contribution >= 4 is 23.6 Å². The summed E-state index contributed by atoms with van der Waals surface area (Å²) in [4.78, 5) is 27.0. The number of fused-ring (bicyclic) bond motifs is 1. The predicted octanol–water partition coefficient (Wildman–Crippen LogP) is 3.59. The number of aldehydes is 1. The van der Waals surface area contributed by atoms with Crippen molar-refractivity contribution in [2.45, 2.75) is 18.9 Å². The molecule has 0 N–H and O–H groups in total. The summed E-state index contributed by atoms with van der Waals surface area (Å²) in [6.07, 6.45) is 4.77. The number of aromatic nitrogens is 4. The third kappa shape index (κ3) is 4.30. The first-order valence-corrected chi connectivity index (χ1v) is 12.4. The molecular weight excluding hydrogens is 457 g/mol. The molecule has 0 unspecified atom stereocenters. The van der Waals surface area contributed by atoms with Gasteiger partial charge in [0.05, 0.1) is 24.5 Å². The monoisotopic (exact) mass is 485 g/mol. The normalized spacial score (nSPS) is 18.8. The van der Waals surface area contributed by atoms with Gasteiger partial charge in [-0.05, 0) is 54.8 Å². The van der Waals surface area contributed by atoms with E-state index < -0.39 is 0 Å². The Morgan fingerprint density at radius 1 is 0.972 bits per heavy atom. The topological polar surface area (TPSA) is 69.9 Å². The first-order valence-electron chi connectivity index (χ1n) is 12.4. The SMILES string of the molecule is O=CCN1CCN(c2cccc(-c3cnc4ccc(N5CCC[C@@H]5c5cccc(F)c5)nn34)n2)CC1. The number of halogens is 1. The molecule has 2 saturated heterocycles. The van der Waals surface area contributed by atoms with Crippen LogP contribution in [0, 0.1) is 5.82 Å². The van der Waals surface area contributed by atoms with Crippen LogP contribution in [0.3, 0.4) is 0 Å². The molecule has 184 valence electrons. The van der Waals surface area contributed by atoms with Crippen LogP contribution in [0.15, 0.2) is 60.8 Å². The zero-order valence-electron chi connectivity index (χ0n) is 20.0. The average Bonchev–Trinajstić information content (AvgIpc) is 3.57. The van der Waals surface area contributed by atoms with Crippen molar-refractivity contribution < 1.29 is 9.18 Å². The molecule has 3 aromatic heterocycles. The van der Waals surface area contributed by atoms with Crippen LogP contribution in [-0.4, -0.2) is 70.0 Å². The van der Waals surface area contributed by atoms with E-state index in [9.17, 15) is 9.18 Å². The van der Waals surface area contributed by atoms with Crippen molar-refractivity contribution in [3.05, 3.63) is 72.2 Å². The number of nitrogens with zero attached hydrogens (tertiary/aromatic N) is 7. The van der Waals surface area contributed by atoms with Gasteiger partial charge in [0.1, 0.15) is 29.4 Å². The van der Waals surface area contributed by atoms with Gasteiger partial charge >= 0.3 is 0 Å². The highest BCUT2D eigenvalue weighted by Gasteiger charge is 2.28. The maximum Gasteiger partial charge on any atom is 0.154 e. The second-order valence-corrected chi connectivity index (χ2v) is 9.35. The molecule has 1 atom stereocenters. The fourth-order valence-corrected chi connectivity index (χ4v) is 5.30. The summed E-state index contributed by atoms with van der Waals surface area (Å²) in [5.41, 5.74) is 3.37. The van der Waals surface area contributed by atoms with Gasteiger partial charge < -0.3 is 14.6 Å². The molecule has 1 aromatic carbocycles. The first-order chi connectivity index (χ1) is 17.7. The molecule has 2 fully saturated rings. The number of rotatable bonds is 6. The second kappa shape index (κ2) is 9.66. The van der Waals surface area contributed by atoms with Crippen molar-refractivity contribution in [3.63, 3.8) is 0 Å². The van der Waals surface area contributed by atoms with E-state index in [-0.39, 0.29) is 11.9 Å². The molecule has 6 rings (SSSR count). The lowest BCUT2D eigenvalue weighted by atomic mass is 10.0. The maximum atomic E-state index is 13.9. The number of carbonyl (C=O) groups excluding carboxylic acids is 1. The molecule has 0 radical (unpaired) electrons. The Morgan fingerprint density at radius 2 is 1.83 bits per heavy atom. The zero-order valence-corrected chi connectivity index (χ0v) is 20.0. The molecule has 36 heavy (non-hydrogen) atoms. The van der Waals surface area contributed by atoms with Crippen molar-refractivity contribution in [3.8, 4) is 11.4 Å². The minimum Gasteiger partial charge on any atom is -0.354 e. The highest BCUT2D eigenvalue weighted by Crippen LogP contribution is 2.35. The van der Waals surface area contributed by atoms with Crippen LogP contribution >= 0.6 is 0 Å². The molecule has 0 spiro atoms. The smallest absolute Gasteiger partial charge is 0.154 e. The Labute approximate surface area is 209 Å². The highest BCUT2D eigenvalue weighted by molar-refractivity contribution is 5.63. The van der Waals surface area contributed by atoms with Crippen molar-refractivity contribution in [1.82, 2.24) is 24.5 Å². The molecule has 0 bridgehead atoms. The number of carbonyl (C=O) groups is 1. The van der Waals surface area contributed by atoms with Crippen LogP contribution in [-0.2, 0) is 4.79 Å². The molecule has 8 nitrogen and oxygen atoms in total. The van der Waals surface area contributed by atoms with Crippen molar-refractivity contribution in [2.24, 2.45) is 0 Å². The van der Waals surface area contributed by atoms with Crippen LogP contribution in [0.25, 0.3) is 17.0 Å². The van der Waals surface area contributed by atoms with E-state index in [1.54, 1.807) is 12.1 Å². The third-order valence-corrected chi connectivity index (χ3v) is 7.15. The van der Waals surface area contributed by atoms with Crippen LogP contribution in [0.1, 0.15) is 24.4 Å². The Kier molecular flexibility index (Phi) is 6.06. The van der Waals surface area contributed by atoms with Crippen LogP contribution in [0.2, 0.25) is 0 Å². The lowest BCUT2D eigenvalue weighted by Gasteiger charge is -2.34. The van der Waals surface area contributed by atoms with Crippen molar-refractivity contribution in [2.75, 3.05) is 49.1 Å². The molecule has 5 heterocycles. The van der Waals surface area contributed by atoms with E-state index in [4.69, 9.17) is 10.1 Å². The van der Waals surface area contributed by atoms with Gasteiger partial charge in [-0.2, -0.15) is 0 Å². The van der Waals surface area contributed by atoms with Gasteiger partial charge in [-0.15, -0.1) is 5.10 Å². The quantitative estimate of drug-likeness (QED) is 0.387. The number of hydrogen-bond acceptors (Lipinski definition) is 7. The standard InChI is InChI=1S/C27H28FN7O/c28-21-5-1-4-20(18-21)23-7-3-11-34(23)27-10-9-25-29-19-24(35(25)31-27)22-6-2-8-26(30-22)33-14-12-32(13-15-33)16-17-36/h1-2,4-6,8-10,17-19,23H,3,7,11-16H2/t23-/m1/s1. The van der Waals surface area contributed by atoms with Gasteiger partial charge in [-0.1, -0.05) is 18.2 Å². The third-order valence-electron chi connectivity index (χ3n) is 7.15.